The first-order valence-corrected chi connectivity index (χ1v) is 5.53. The van der Waals surface area contributed by atoms with Crippen LogP contribution >= 0.6 is 11.5 Å². The van der Waals surface area contributed by atoms with Crippen LogP contribution in [-0.4, -0.2) is 15.4 Å². The van der Waals surface area contributed by atoms with Crippen molar-refractivity contribution in [1.82, 2.24) is 9.59 Å². The van der Waals surface area contributed by atoms with Crippen molar-refractivity contribution >= 4 is 17.3 Å². The van der Waals surface area contributed by atoms with E-state index in [4.69, 9.17) is 0 Å². The number of carbonyl (C=O) groups is 1. The third kappa shape index (κ3) is 3.79. The van der Waals surface area contributed by atoms with Crippen LogP contribution in [0.5, 0.6) is 0 Å². The third-order valence-corrected chi connectivity index (χ3v) is 2.65. The van der Waals surface area contributed by atoms with E-state index in [0.717, 1.165) is 25.7 Å². The number of hydrogen-bond acceptors (Lipinski definition) is 4. The van der Waals surface area contributed by atoms with Gasteiger partial charge in [-0.25, -0.2) is 0 Å². The van der Waals surface area contributed by atoms with Gasteiger partial charge in [-0.05, 0) is 30.8 Å². The fourth-order valence-corrected chi connectivity index (χ4v) is 1.64. The molecule has 0 aliphatic rings. The fraction of sp³-hybridized carbons (Fsp3) is 0.500. The molecule has 0 saturated carbocycles. The van der Waals surface area contributed by atoms with Gasteiger partial charge >= 0.3 is 0 Å². The standard InChI is InChI=1S/C10H14N2OS/c1-2-3-4-5-6-7-9(13)10-8-11-12-14-10/h2,8H,1,3-7H2. The first kappa shape index (κ1) is 11.0. The maximum absolute atomic E-state index is 11.4. The highest BCUT2D eigenvalue weighted by Gasteiger charge is 2.07. The lowest BCUT2D eigenvalue weighted by Gasteiger charge is -1.96. The third-order valence-electron chi connectivity index (χ3n) is 1.95. The van der Waals surface area contributed by atoms with Gasteiger partial charge in [0.1, 0.15) is 4.88 Å². The van der Waals surface area contributed by atoms with Gasteiger partial charge in [0.25, 0.3) is 0 Å². The first-order valence-electron chi connectivity index (χ1n) is 4.76. The number of aromatic nitrogens is 2. The molecular formula is C10H14N2OS. The first-order chi connectivity index (χ1) is 6.84. The Labute approximate surface area is 88.0 Å². The van der Waals surface area contributed by atoms with Gasteiger partial charge in [0.05, 0.1) is 6.20 Å². The van der Waals surface area contributed by atoms with Crippen LogP contribution in [0.1, 0.15) is 41.8 Å². The molecule has 76 valence electrons. The molecule has 0 saturated heterocycles. The molecule has 0 spiro atoms. The molecule has 0 aliphatic carbocycles. The van der Waals surface area contributed by atoms with Crippen molar-refractivity contribution in [2.45, 2.75) is 32.1 Å². The van der Waals surface area contributed by atoms with Crippen molar-refractivity contribution in [2.75, 3.05) is 0 Å². The Morgan fingerprint density at radius 2 is 2.36 bits per heavy atom. The highest BCUT2D eigenvalue weighted by Crippen LogP contribution is 2.10. The van der Waals surface area contributed by atoms with E-state index in [2.05, 4.69) is 16.2 Å². The lowest BCUT2D eigenvalue weighted by atomic mass is 10.1. The van der Waals surface area contributed by atoms with E-state index >= 15 is 0 Å². The number of ketones is 1. The molecule has 1 heterocycles. The molecular weight excluding hydrogens is 196 g/mol. The van der Waals surface area contributed by atoms with E-state index < -0.39 is 0 Å². The summed E-state index contributed by atoms with van der Waals surface area (Å²) in [4.78, 5) is 12.1. The molecule has 1 aromatic heterocycles. The van der Waals surface area contributed by atoms with Gasteiger partial charge < -0.3 is 0 Å². The summed E-state index contributed by atoms with van der Waals surface area (Å²) in [6, 6.07) is 0. The predicted octanol–water partition coefficient (Wildman–Crippen LogP) is 2.86. The second-order valence-corrected chi connectivity index (χ2v) is 3.88. The summed E-state index contributed by atoms with van der Waals surface area (Å²) in [5, 5.41) is 3.64. The van der Waals surface area contributed by atoms with Gasteiger partial charge in [0.2, 0.25) is 0 Å². The van der Waals surface area contributed by atoms with Crippen molar-refractivity contribution in [1.29, 1.82) is 0 Å². The highest BCUT2D eigenvalue weighted by atomic mass is 32.1. The molecule has 1 aromatic rings. The molecule has 0 fully saturated rings. The Morgan fingerprint density at radius 3 is 3.00 bits per heavy atom. The Morgan fingerprint density at radius 1 is 1.50 bits per heavy atom. The zero-order chi connectivity index (χ0) is 10.2. The number of rotatable bonds is 7. The molecule has 0 aliphatic heterocycles. The average molecular weight is 210 g/mol. The summed E-state index contributed by atoms with van der Waals surface area (Å²) < 4.78 is 3.66. The summed E-state index contributed by atoms with van der Waals surface area (Å²) in [6.45, 7) is 3.65. The van der Waals surface area contributed by atoms with Crippen LogP contribution in [0.2, 0.25) is 0 Å². The summed E-state index contributed by atoms with van der Waals surface area (Å²) in [7, 11) is 0. The fourth-order valence-electron chi connectivity index (χ4n) is 1.16. The van der Waals surface area contributed by atoms with Gasteiger partial charge in [0.15, 0.2) is 5.78 Å². The second kappa shape index (κ2) is 6.43. The monoisotopic (exact) mass is 210 g/mol. The minimum Gasteiger partial charge on any atom is -0.293 e. The molecule has 0 unspecified atom stereocenters. The van der Waals surface area contributed by atoms with Crippen LogP contribution in [-0.2, 0) is 0 Å². The van der Waals surface area contributed by atoms with Crippen LogP contribution < -0.4 is 0 Å². The number of hydrogen-bond donors (Lipinski definition) is 0. The quantitative estimate of drug-likeness (QED) is 0.395. The number of nitrogens with zero attached hydrogens (tertiary/aromatic N) is 2. The summed E-state index contributed by atoms with van der Waals surface area (Å²) in [5.74, 6) is 0.165. The van der Waals surface area contributed by atoms with Crippen LogP contribution in [0, 0.1) is 0 Å². The average Bonchev–Trinajstić information content (AvgIpc) is 2.70. The maximum atomic E-state index is 11.4. The van der Waals surface area contributed by atoms with Crippen molar-refractivity contribution in [3.8, 4) is 0 Å². The molecule has 3 nitrogen and oxygen atoms in total. The number of carbonyl (C=O) groups excluding carboxylic acids is 1. The van der Waals surface area contributed by atoms with Gasteiger partial charge in [-0.15, -0.1) is 11.7 Å². The molecule has 0 amide bonds. The van der Waals surface area contributed by atoms with Crippen molar-refractivity contribution in [2.24, 2.45) is 0 Å². The Kier molecular flexibility index (Phi) is 5.07. The number of Topliss-reactive ketones (excluding diaryl/α,β-unsaturated/α-hetero) is 1. The topological polar surface area (TPSA) is 42.9 Å². The zero-order valence-corrected chi connectivity index (χ0v) is 8.92. The predicted molar refractivity (Wildman–Crippen MR) is 57.5 cm³/mol. The molecule has 0 bridgehead atoms. The molecule has 0 N–H and O–H groups in total. The summed E-state index contributed by atoms with van der Waals surface area (Å²) in [6.07, 6.45) is 8.26. The van der Waals surface area contributed by atoms with E-state index in [1.54, 1.807) is 0 Å². The highest BCUT2D eigenvalue weighted by molar-refractivity contribution is 7.07. The minimum atomic E-state index is 0.165. The van der Waals surface area contributed by atoms with E-state index in [0.29, 0.717) is 11.3 Å². The molecule has 0 radical (unpaired) electrons. The lowest BCUT2D eigenvalue weighted by Crippen LogP contribution is -1.95. The molecule has 0 atom stereocenters. The second-order valence-electron chi connectivity index (χ2n) is 3.09. The van der Waals surface area contributed by atoms with Gasteiger partial charge in [0, 0.05) is 6.42 Å². The number of unbranched alkanes of at least 4 members (excludes halogenated alkanes) is 3. The molecule has 4 heteroatoms. The van der Waals surface area contributed by atoms with Gasteiger partial charge in [-0.1, -0.05) is 17.0 Å². The SMILES string of the molecule is C=CCCCCCC(=O)c1cnns1. The molecule has 14 heavy (non-hydrogen) atoms. The zero-order valence-electron chi connectivity index (χ0n) is 8.11. The lowest BCUT2D eigenvalue weighted by molar-refractivity contribution is 0.0983. The van der Waals surface area contributed by atoms with Crippen LogP contribution in [0.3, 0.4) is 0 Å². The van der Waals surface area contributed by atoms with Crippen LogP contribution in [0.4, 0.5) is 0 Å². The van der Waals surface area contributed by atoms with Gasteiger partial charge in [-0.2, -0.15) is 0 Å². The van der Waals surface area contributed by atoms with E-state index in [-0.39, 0.29) is 5.78 Å². The van der Waals surface area contributed by atoms with Crippen molar-refractivity contribution in [3.63, 3.8) is 0 Å². The normalized spacial score (nSPS) is 10.0. The van der Waals surface area contributed by atoms with Crippen LogP contribution in [0.25, 0.3) is 0 Å². The maximum Gasteiger partial charge on any atom is 0.176 e. The van der Waals surface area contributed by atoms with Gasteiger partial charge in [-0.3, -0.25) is 4.79 Å². The van der Waals surface area contributed by atoms with E-state index in [1.165, 1.54) is 17.7 Å². The van der Waals surface area contributed by atoms with Crippen molar-refractivity contribution < 1.29 is 4.79 Å². The minimum absolute atomic E-state index is 0.165. The summed E-state index contributed by atoms with van der Waals surface area (Å²) in [5.41, 5.74) is 0. The van der Waals surface area contributed by atoms with E-state index in [1.807, 2.05) is 6.08 Å². The molecule has 0 aromatic carbocycles. The van der Waals surface area contributed by atoms with Crippen molar-refractivity contribution in [3.05, 3.63) is 23.7 Å². The Balaban J connectivity index is 2.13. The van der Waals surface area contributed by atoms with E-state index in [9.17, 15) is 4.79 Å². The Bertz CT molecular complexity index is 282. The largest absolute Gasteiger partial charge is 0.293 e. The summed E-state index contributed by atoms with van der Waals surface area (Å²) >= 11 is 1.17. The molecule has 1 rings (SSSR count). The number of allylic oxidation sites excluding steroid dienone is 1. The van der Waals surface area contributed by atoms with Crippen LogP contribution in [0.15, 0.2) is 18.9 Å². The Hall–Kier alpha value is -1.03. The smallest absolute Gasteiger partial charge is 0.176 e.